The number of hydrogen-bond acceptors (Lipinski definition) is 1. The van der Waals surface area contributed by atoms with Crippen LogP contribution in [-0.2, 0) is 0 Å². The van der Waals surface area contributed by atoms with E-state index in [4.69, 9.17) is 0 Å². The summed E-state index contributed by atoms with van der Waals surface area (Å²) < 4.78 is 0. The average molecular weight is 158 g/mol. The van der Waals surface area contributed by atoms with E-state index in [0.717, 1.165) is 11.3 Å². The van der Waals surface area contributed by atoms with Crippen LogP contribution in [-0.4, -0.2) is 56.4 Å². The normalized spacial score (nSPS) is 8.10. The zero-order chi connectivity index (χ0) is 6.69. The molecular formula is C8H9KN. The largest absolute Gasteiger partial charge is 0.261 e. The van der Waals surface area contributed by atoms with Crippen LogP contribution in [0.1, 0.15) is 11.3 Å². The van der Waals surface area contributed by atoms with Crippen molar-refractivity contribution in [2.75, 3.05) is 0 Å². The van der Waals surface area contributed by atoms with E-state index in [2.05, 4.69) is 11.6 Å². The van der Waals surface area contributed by atoms with Crippen LogP contribution < -0.4 is 0 Å². The second-order valence-electron chi connectivity index (χ2n) is 1.94. The molecule has 1 radical (unpaired) electrons. The molecule has 1 aromatic rings. The topological polar surface area (TPSA) is 12.9 Å². The number of nitrogens with zero attached hydrogens (tertiary/aromatic N) is 1. The van der Waals surface area contributed by atoms with Crippen molar-refractivity contribution in [1.29, 1.82) is 0 Å². The molecule has 1 aromatic heterocycles. The Morgan fingerprint density at radius 3 is 2.60 bits per heavy atom. The van der Waals surface area contributed by atoms with Gasteiger partial charge < -0.3 is 0 Å². The van der Waals surface area contributed by atoms with E-state index in [1.807, 2.05) is 25.3 Å². The van der Waals surface area contributed by atoms with Crippen molar-refractivity contribution in [3.63, 3.8) is 0 Å². The van der Waals surface area contributed by atoms with E-state index in [1.54, 1.807) is 6.08 Å². The predicted molar refractivity (Wildman–Crippen MR) is 44.8 cm³/mol. The molecule has 1 rings (SSSR count). The molecule has 2 heteroatoms. The Bertz CT molecular complexity index is 203. The molecule has 0 bridgehead atoms. The second kappa shape index (κ2) is 5.21. The molecule has 0 saturated heterocycles. The first-order valence-corrected chi connectivity index (χ1v) is 2.88. The molecule has 0 N–H and O–H groups in total. The summed E-state index contributed by atoms with van der Waals surface area (Å²) in [7, 11) is 0. The van der Waals surface area contributed by atoms with E-state index in [1.165, 1.54) is 0 Å². The SMILES string of the molecule is C=Cc1ccc(C)nc1.[K]. The molecule has 0 saturated carbocycles. The van der Waals surface area contributed by atoms with Gasteiger partial charge in [0.05, 0.1) is 0 Å². The Morgan fingerprint density at radius 1 is 1.50 bits per heavy atom. The Balaban J connectivity index is 0.000000810. The summed E-state index contributed by atoms with van der Waals surface area (Å²) in [5, 5.41) is 0. The van der Waals surface area contributed by atoms with Crippen molar-refractivity contribution < 1.29 is 0 Å². The molecule has 0 unspecified atom stereocenters. The van der Waals surface area contributed by atoms with Crippen molar-refractivity contribution in [1.82, 2.24) is 4.98 Å². The van der Waals surface area contributed by atoms with Gasteiger partial charge in [-0.25, -0.2) is 0 Å². The zero-order valence-corrected chi connectivity index (χ0v) is 9.59. The van der Waals surface area contributed by atoms with Crippen LogP contribution in [0.5, 0.6) is 0 Å². The van der Waals surface area contributed by atoms with Crippen molar-refractivity contribution in [3.8, 4) is 0 Å². The van der Waals surface area contributed by atoms with Crippen LogP contribution in [0.2, 0.25) is 0 Å². The summed E-state index contributed by atoms with van der Waals surface area (Å²) in [6.45, 7) is 5.59. The van der Waals surface area contributed by atoms with E-state index in [9.17, 15) is 0 Å². The van der Waals surface area contributed by atoms with Gasteiger partial charge in [-0.3, -0.25) is 4.98 Å². The maximum absolute atomic E-state index is 4.08. The fourth-order valence-corrected chi connectivity index (χ4v) is 0.600. The third-order valence-corrected chi connectivity index (χ3v) is 1.17. The summed E-state index contributed by atoms with van der Waals surface area (Å²) in [5.41, 5.74) is 2.11. The number of aromatic nitrogens is 1. The van der Waals surface area contributed by atoms with Gasteiger partial charge in [0.15, 0.2) is 0 Å². The minimum absolute atomic E-state index is 0. The summed E-state index contributed by atoms with van der Waals surface area (Å²) in [6, 6.07) is 3.96. The number of rotatable bonds is 1. The molecule has 0 amide bonds. The summed E-state index contributed by atoms with van der Waals surface area (Å²) in [6.07, 6.45) is 3.59. The van der Waals surface area contributed by atoms with Gasteiger partial charge in [-0.15, -0.1) is 0 Å². The van der Waals surface area contributed by atoms with Crippen molar-refractivity contribution in [2.24, 2.45) is 0 Å². The van der Waals surface area contributed by atoms with Gasteiger partial charge in [0.2, 0.25) is 0 Å². The fourth-order valence-electron chi connectivity index (χ4n) is 0.600. The summed E-state index contributed by atoms with van der Waals surface area (Å²) >= 11 is 0. The molecule has 10 heavy (non-hydrogen) atoms. The molecule has 47 valence electrons. The average Bonchev–Trinajstić information content (AvgIpc) is 1.90. The summed E-state index contributed by atoms with van der Waals surface area (Å²) in [5.74, 6) is 0. The van der Waals surface area contributed by atoms with E-state index in [-0.39, 0.29) is 51.4 Å². The van der Waals surface area contributed by atoms with Crippen LogP contribution in [0.25, 0.3) is 6.08 Å². The maximum Gasteiger partial charge on any atom is 0.0373 e. The van der Waals surface area contributed by atoms with Gasteiger partial charge in [-0.1, -0.05) is 18.7 Å². The smallest absolute Gasteiger partial charge is 0.0373 e. The standard InChI is InChI=1S/C8H9N.K/c1-3-8-5-4-7(2)9-6-8;/h3-6H,1H2,2H3;. The van der Waals surface area contributed by atoms with Gasteiger partial charge in [0.25, 0.3) is 0 Å². The molecule has 1 heterocycles. The predicted octanol–water partition coefficient (Wildman–Crippen LogP) is 1.65. The first-order chi connectivity index (χ1) is 4.33. The van der Waals surface area contributed by atoms with Crippen LogP contribution in [0.4, 0.5) is 0 Å². The Morgan fingerprint density at radius 2 is 2.20 bits per heavy atom. The van der Waals surface area contributed by atoms with Gasteiger partial charge in [0, 0.05) is 63.3 Å². The van der Waals surface area contributed by atoms with Gasteiger partial charge >= 0.3 is 0 Å². The minimum Gasteiger partial charge on any atom is -0.261 e. The molecule has 1 nitrogen and oxygen atoms in total. The first kappa shape index (κ1) is 10.5. The molecule has 0 aliphatic rings. The molecular weight excluding hydrogens is 149 g/mol. The Labute approximate surface area is 104 Å². The zero-order valence-electron chi connectivity index (χ0n) is 6.46. The van der Waals surface area contributed by atoms with Crippen LogP contribution >= 0.6 is 0 Å². The van der Waals surface area contributed by atoms with Gasteiger partial charge in [0.1, 0.15) is 0 Å². The first-order valence-electron chi connectivity index (χ1n) is 2.88. The monoisotopic (exact) mass is 158 g/mol. The van der Waals surface area contributed by atoms with Crippen molar-refractivity contribution in [3.05, 3.63) is 36.2 Å². The van der Waals surface area contributed by atoms with Crippen molar-refractivity contribution >= 4 is 57.5 Å². The third-order valence-electron chi connectivity index (χ3n) is 1.17. The van der Waals surface area contributed by atoms with Gasteiger partial charge in [-0.2, -0.15) is 0 Å². The van der Waals surface area contributed by atoms with Crippen molar-refractivity contribution in [2.45, 2.75) is 6.92 Å². The number of pyridine rings is 1. The molecule has 0 aromatic carbocycles. The van der Waals surface area contributed by atoms with Gasteiger partial charge in [-0.05, 0) is 18.6 Å². The number of aryl methyl sites for hydroxylation is 1. The minimum atomic E-state index is 0. The van der Waals surface area contributed by atoms with E-state index in [0.29, 0.717) is 0 Å². The molecule has 0 fully saturated rings. The molecule has 0 atom stereocenters. The van der Waals surface area contributed by atoms with Crippen LogP contribution in [0.15, 0.2) is 24.9 Å². The quantitative estimate of drug-likeness (QED) is 0.566. The summed E-state index contributed by atoms with van der Waals surface area (Å²) in [4.78, 5) is 4.08. The number of hydrogen-bond donors (Lipinski definition) is 0. The van der Waals surface area contributed by atoms with Crippen LogP contribution in [0, 0.1) is 6.92 Å². The maximum atomic E-state index is 4.08. The third kappa shape index (κ3) is 3.08. The molecule has 0 aliphatic heterocycles. The van der Waals surface area contributed by atoms with E-state index < -0.39 is 0 Å². The van der Waals surface area contributed by atoms with E-state index >= 15 is 0 Å². The fraction of sp³-hybridized carbons (Fsp3) is 0.125. The molecule has 0 aliphatic carbocycles. The Kier molecular flexibility index (Phi) is 5.49. The second-order valence-corrected chi connectivity index (χ2v) is 1.94. The van der Waals surface area contributed by atoms with Crippen LogP contribution in [0.3, 0.4) is 0 Å². The Hall–Kier alpha value is 0.526. The molecule has 0 spiro atoms.